The maximum atomic E-state index is 15.1. The highest BCUT2D eigenvalue weighted by atomic mass is 32.2. The number of rotatable bonds is 6. The highest BCUT2D eigenvalue weighted by Crippen LogP contribution is 2.38. The average molecular weight is 547 g/mol. The van der Waals surface area contributed by atoms with Crippen molar-refractivity contribution in [2.24, 2.45) is 5.14 Å². The standard InChI is InChI=1S/C30H27FN2O5S/c1-36-30(13-15-37-16-14-30)24-17-23(18-25(31)19-24)27(21-5-3-2-4-6-21)11-12-28-29(38-20-33-28)22-7-9-26(10-8-22)39(32,34)35/h2-10,17-20,27H,13-16H2,1H3,(H2,32,34,35). The van der Waals surface area contributed by atoms with Crippen molar-refractivity contribution in [3.8, 4) is 23.2 Å². The number of oxazole rings is 1. The van der Waals surface area contributed by atoms with Gasteiger partial charge in [0.15, 0.2) is 17.8 Å². The molecule has 0 aliphatic carbocycles. The Balaban J connectivity index is 1.56. The Morgan fingerprint density at radius 1 is 1.03 bits per heavy atom. The van der Waals surface area contributed by atoms with Gasteiger partial charge in [0, 0.05) is 38.7 Å². The molecule has 9 heteroatoms. The summed E-state index contributed by atoms with van der Waals surface area (Å²) in [6, 6.07) is 20.5. The van der Waals surface area contributed by atoms with Crippen LogP contribution in [-0.4, -0.2) is 33.7 Å². The normalized spacial score (nSPS) is 15.8. The number of sulfonamides is 1. The minimum atomic E-state index is -3.82. The Morgan fingerprint density at radius 2 is 1.74 bits per heavy atom. The number of aromatic nitrogens is 1. The fraction of sp³-hybridized carbons (Fsp3) is 0.233. The van der Waals surface area contributed by atoms with Crippen LogP contribution in [0, 0.1) is 17.7 Å². The molecule has 0 spiro atoms. The first-order valence-corrected chi connectivity index (χ1v) is 13.9. The Labute approximate surface area is 226 Å². The van der Waals surface area contributed by atoms with Crippen LogP contribution in [0.2, 0.25) is 0 Å². The van der Waals surface area contributed by atoms with E-state index in [1.165, 1.54) is 30.7 Å². The lowest BCUT2D eigenvalue weighted by Gasteiger charge is -2.36. The first-order valence-electron chi connectivity index (χ1n) is 12.4. The second kappa shape index (κ2) is 11.1. The van der Waals surface area contributed by atoms with Gasteiger partial charge in [-0.25, -0.2) is 22.9 Å². The molecule has 1 atom stereocenters. The first kappa shape index (κ1) is 26.8. The lowest BCUT2D eigenvalue weighted by atomic mass is 9.82. The quantitative estimate of drug-likeness (QED) is 0.343. The molecule has 1 saturated heterocycles. The lowest BCUT2D eigenvalue weighted by molar-refractivity contribution is -0.0949. The second-order valence-electron chi connectivity index (χ2n) is 9.30. The summed E-state index contributed by atoms with van der Waals surface area (Å²) in [5.41, 5.74) is 2.66. The third-order valence-corrected chi connectivity index (χ3v) is 7.88. The van der Waals surface area contributed by atoms with Crippen LogP contribution in [0.15, 0.2) is 88.5 Å². The van der Waals surface area contributed by atoms with Gasteiger partial charge in [-0.05, 0) is 59.0 Å². The summed E-state index contributed by atoms with van der Waals surface area (Å²) in [4.78, 5) is 4.25. The molecule has 0 radical (unpaired) electrons. The number of nitrogens with two attached hydrogens (primary N) is 1. The Bertz CT molecular complexity index is 1620. The van der Waals surface area contributed by atoms with E-state index >= 15 is 4.39 Å². The van der Waals surface area contributed by atoms with Gasteiger partial charge in [-0.3, -0.25) is 0 Å². The fourth-order valence-electron chi connectivity index (χ4n) is 4.83. The summed E-state index contributed by atoms with van der Waals surface area (Å²) in [7, 11) is -2.18. The minimum absolute atomic E-state index is 0.0113. The summed E-state index contributed by atoms with van der Waals surface area (Å²) in [5, 5.41) is 5.21. The topological polar surface area (TPSA) is 105 Å². The number of nitrogens with zero attached hydrogens (tertiary/aromatic N) is 1. The van der Waals surface area contributed by atoms with Crippen molar-refractivity contribution in [3.05, 3.63) is 107 Å². The maximum absolute atomic E-state index is 15.1. The molecule has 1 fully saturated rings. The number of hydrogen-bond donors (Lipinski definition) is 1. The SMILES string of the molecule is COC1(c2cc(F)cc(C(C#Cc3ncoc3-c3ccc(S(N)(=O)=O)cc3)c3ccccc3)c2)CCOCC1. The van der Waals surface area contributed by atoms with E-state index in [0.29, 0.717) is 48.6 Å². The molecule has 2 heterocycles. The third kappa shape index (κ3) is 5.79. The predicted octanol–water partition coefficient (Wildman–Crippen LogP) is 4.96. The Hall–Kier alpha value is -3.81. The molecule has 1 unspecified atom stereocenters. The van der Waals surface area contributed by atoms with Crippen molar-refractivity contribution in [2.45, 2.75) is 29.3 Å². The van der Waals surface area contributed by atoms with E-state index < -0.39 is 21.5 Å². The van der Waals surface area contributed by atoms with Crippen LogP contribution in [0.4, 0.5) is 4.39 Å². The number of benzene rings is 3. The van der Waals surface area contributed by atoms with Gasteiger partial charge < -0.3 is 13.9 Å². The average Bonchev–Trinajstić information content (AvgIpc) is 3.42. The van der Waals surface area contributed by atoms with Crippen molar-refractivity contribution < 1.29 is 26.7 Å². The van der Waals surface area contributed by atoms with Gasteiger partial charge in [0.2, 0.25) is 10.0 Å². The molecule has 1 aliphatic heterocycles. The van der Waals surface area contributed by atoms with Gasteiger partial charge >= 0.3 is 0 Å². The number of hydrogen-bond acceptors (Lipinski definition) is 6. The highest BCUT2D eigenvalue weighted by molar-refractivity contribution is 7.89. The number of primary sulfonamides is 1. The smallest absolute Gasteiger partial charge is 0.238 e. The molecule has 0 amide bonds. The Kier molecular flexibility index (Phi) is 7.64. The first-order chi connectivity index (χ1) is 18.8. The minimum Gasteiger partial charge on any atom is -0.442 e. The largest absolute Gasteiger partial charge is 0.442 e. The molecule has 5 rings (SSSR count). The number of halogens is 1. The summed E-state index contributed by atoms with van der Waals surface area (Å²) in [6.07, 6.45) is 2.53. The van der Waals surface area contributed by atoms with E-state index in [9.17, 15) is 8.42 Å². The van der Waals surface area contributed by atoms with Gasteiger partial charge in [-0.15, -0.1) is 0 Å². The zero-order valence-electron chi connectivity index (χ0n) is 21.3. The predicted molar refractivity (Wildman–Crippen MR) is 144 cm³/mol. The number of ether oxygens (including phenoxy) is 2. The number of methoxy groups -OCH3 is 1. The van der Waals surface area contributed by atoms with E-state index in [4.69, 9.17) is 19.0 Å². The monoisotopic (exact) mass is 546 g/mol. The molecule has 1 aromatic heterocycles. The molecule has 39 heavy (non-hydrogen) atoms. The lowest BCUT2D eigenvalue weighted by Crippen LogP contribution is -2.35. The van der Waals surface area contributed by atoms with Crippen LogP contribution in [-0.2, 0) is 25.1 Å². The molecular formula is C30H27FN2O5S. The van der Waals surface area contributed by atoms with Crippen LogP contribution >= 0.6 is 0 Å². The molecule has 3 aromatic carbocycles. The van der Waals surface area contributed by atoms with Crippen LogP contribution in [0.5, 0.6) is 0 Å². The van der Waals surface area contributed by atoms with Crippen LogP contribution < -0.4 is 5.14 Å². The van der Waals surface area contributed by atoms with Crippen molar-refractivity contribution in [1.82, 2.24) is 4.98 Å². The summed E-state index contributed by atoms with van der Waals surface area (Å²) >= 11 is 0. The molecular weight excluding hydrogens is 519 g/mol. The van der Waals surface area contributed by atoms with E-state index in [-0.39, 0.29) is 10.7 Å². The zero-order chi connectivity index (χ0) is 27.5. The van der Waals surface area contributed by atoms with Crippen molar-refractivity contribution in [3.63, 3.8) is 0 Å². The van der Waals surface area contributed by atoms with Gasteiger partial charge in [-0.1, -0.05) is 42.3 Å². The molecule has 0 bridgehead atoms. The van der Waals surface area contributed by atoms with Crippen LogP contribution in [0.1, 0.15) is 41.1 Å². The molecule has 4 aromatic rings. The Morgan fingerprint density at radius 3 is 2.41 bits per heavy atom. The third-order valence-electron chi connectivity index (χ3n) is 6.95. The van der Waals surface area contributed by atoms with Crippen molar-refractivity contribution in [1.29, 1.82) is 0 Å². The van der Waals surface area contributed by atoms with Gasteiger partial charge in [0.1, 0.15) is 5.82 Å². The van der Waals surface area contributed by atoms with Gasteiger partial charge in [0.05, 0.1) is 16.4 Å². The van der Waals surface area contributed by atoms with E-state index in [1.807, 2.05) is 36.4 Å². The van der Waals surface area contributed by atoms with Crippen LogP contribution in [0.3, 0.4) is 0 Å². The molecule has 200 valence electrons. The molecule has 7 nitrogen and oxygen atoms in total. The second-order valence-corrected chi connectivity index (χ2v) is 10.9. The van der Waals surface area contributed by atoms with E-state index in [2.05, 4.69) is 16.8 Å². The van der Waals surface area contributed by atoms with Gasteiger partial charge in [-0.2, -0.15) is 0 Å². The van der Waals surface area contributed by atoms with Crippen LogP contribution in [0.25, 0.3) is 11.3 Å². The highest BCUT2D eigenvalue weighted by Gasteiger charge is 2.35. The summed E-state index contributed by atoms with van der Waals surface area (Å²) in [5.74, 6) is 5.92. The van der Waals surface area contributed by atoms with E-state index in [1.54, 1.807) is 19.2 Å². The molecule has 2 N–H and O–H groups in total. The summed E-state index contributed by atoms with van der Waals surface area (Å²) < 4.78 is 55.3. The zero-order valence-corrected chi connectivity index (χ0v) is 22.1. The molecule has 1 aliphatic rings. The van der Waals surface area contributed by atoms with E-state index in [0.717, 1.165) is 11.1 Å². The van der Waals surface area contributed by atoms with Crippen molar-refractivity contribution >= 4 is 10.0 Å². The summed E-state index contributed by atoms with van der Waals surface area (Å²) in [6.45, 7) is 1.07. The van der Waals surface area contributed by atoms with Crippen molar-refractivity contribution in [2.75, 3.05) is 20.3 Å². The molecule has 0 saturated carbocycles. The fourth-order valence-corrected chi connectivity index (χ4v) is 5.35. The maximum Gasteiger partial charge on any atom is 0.238 e. The van der Waals surface area contributed by atoms with Gasteiger partial charge in [0.25, 0.3) is 0 Å².